The Bertz CT molecular complexity index is 518. The third kappa shape index (κ3) is 3.25. The molecule has 0 radical (unpaired) electrons. The summed E-state index contributed by atoms with van der Waals surface area (Å²) in [7, 11) is 0. The van der Waals surface area contributed by atoms with Crippen molar-refractivity contribution < 1.29 is 19.2 Å². The van der Waals surface area contributed by atoms with Gasteiger partial charge in [-0.05, 0) is 33.6 Å². The minimum atomic E-state index is -0.875. The van der Waals surface area contributed by atoms with Crippen molar-refractivity contribution in [3.63, 3.8) is 0 Å². The van der Waals surface area contributed by atoms with E-state index < -0.39 is 17.8 Å². The van der Waals surface area contributed by atoms with Crippen molar-refractivity contribution in [1.29, 1.82) is 0 Å². The highest BCUT2D eigenvalue weighted by Crippen LogP contribution is 2.31. The van der Waals surface area contributed by atoms with Crippen molar-refractivity contribution >= 4 is 11.9 Å². The summed E-state index contributed by atoms with van der Waals surface area (Å²) in [5.41, 5.74) is 1.62. The van der Waals surface area contributed by atoms with E-state index in [-0.39, 0.29) is 11.9 Å². The van der Waals surface area contributed by atoms with E-state index in [2.05, 4.69) is 10.5 Å². The number of carboxylic acids is 1. The minimum absolute atomic E-state index is 0.186. The summed E-state index contributed by atoms with van der Waals surface area (Å²) in [6.07, 6.45) is 2.99. The summed E-state index contributed by atoms with van der Waals surface area (Å²) < 4.78 is 5.11. The molecule has 0 aliphatic heterocycles. The quantitative estimate of drug-likeness (QED) is 0.889. The van der Waals surface area contributed by atoms with Crippen molar-refractivity contribution in [2.75, 3.05) is 0 Å². The van der Waals surface area contributed by atoms with Gasteiger partial charge in [-0.25, -0.2) is 0 Å². The van der Waals surface area contributed by atoms with Crippen molar-refractivity contribution in [2.45, 2.75) is 52.5 Å². The zero-order chi connectivity index (χ0) is 15.6. The van der Waals surface area contributed by atoms with Crippen LogP contribution >= 0.6 is 0 Å². The molecule has 1 heterocycles. The van der Waals surface area contributed by atoms with Crippen molar-refractivity contribution in [1.82, 2.24) is 10.5 Å². The molecule has 1 saturated carbocycles. The molecule has 1 aromatic rings. The Morgan fingerprint density at radius 1 is 1.29 bits per heavy atom. The summed E-state index contributed by atoms with van der Waals surface area (Å²) >= 11 is 0. The third-order valence-corrected chi connectivity index (χ3v) is 4.30. The van der Waals surface area contributed by atoms with Gasteiger partial charge in [0.2, 0.25) is 5.91 Å². The molecule has 3 atom stereocenters. The van der Waals surface area contributed by atoms with Gasteiger partial charge in [0.15, 0.2) is 0 Å². The van der Waals surface area contributed by atoms with Gasteiger partial charge in [-0.2, -0.15) is 0 Å². The van der Waals surface area contributed by atoms with E-state index in [1.807, 2.05) is 13.8 Å². The van der Waals surface area contributed by atoms with Crippen molar-refractivity contribution in [3.05, 3.63) is 17.0 Å². The van der Waals surface area contributed by atoms with Crippen molar-refractivity contribution in [3.8, 4) is 0 Å². The topological polar surface area (TPSA) is 92.4 Å². The van der Waals surface area contributed by atoms with Gasteiger partial charge in [-0.15, -0.1) is 0 Å². The predicted octanol–water partition coefficient (Wildman–Crippen LogP) is 2.36. The molecule has 0 aromatic carbocycles. The fourth-order valence-electron chi connectivity index (χ4n) is 3.24. The van der Waals surface area contributed by atoms with Crippen LogP contribution in [-0.2, 0) is 9.59 Å². The molecule has 1 aromatic heterocycles. The smallest absolute Gasteiger partial charge is 0.307 e. The second kappa shape index (κ2) is 6.28. The number of aryl methyl sites for hydroxylation is 2. The lowest BCUT2D eigenvalue weighted by atomic mass is 9.78. The van der Waals surface area contributed by atoms with Gasteiger partial charge in [0, 0.05) is 5.56 Å². The van der Waals surface area contributed by atoms with Crippen LogP contribution < -0.4 is 5.32 Å². The van der Waals surface area contributed by atoms with Crippen LogP contribution in [0.4, 0.5) is 0 Å². The van der Waals surface area contributed by atoms with E-state index in [4.69, 9.17) is 4.52 Å². The van der Waals surface area contributed by atoms with Crippen LogP contribution in [0.5, 0.6) is 0 Å². The zero-order valence-corrected chi connectivity index (χ0v) is 12.7. The average Bonchev–Trinajstić information content (AvgIpc) is 2.78. The van der Waals surface area contributed by atoms with E-state index in [0.29, 0.717) is 18.6 Å². The van der Waals surface area contributed by atoms with Gasteiger partial charge in [0.1, 0.15) is 5.76 Å². The SMILES string of the molecule is Cc1noc(C)c1C(C)NC(=O)[C@@H]1CCCC[C@@H]1C(=O)O. The van der Waals surface area contributed by atoms with Crippen LogP contribution in [0.3, 0.4) is 0 Å². The molecule has 0 spiro atoms. The second-order valence-corrected chi connectivity index (χ2v) is 5.80. The Morgan fingerprint density at radius 3 is 2.43 bits per heavy atom. The van der Waals surface area contributed by atoms with Gasteiger partial charge in [-0.1, -0.05) is 18.0 Å². The molecule has 1 unspecified atom stereocenters. The predicted molar refractivity (Wildman–Crippen MR) is 75.6 cm³/mol. The van der Waals surface area contributed by atoms with Crippen LogP contribution in [0, 0.1) is 25.7 Å². The Kier molecular flexibility index (Phi) is 4.65. The molecule has 1 aliphatic rings. The van der Waals surface area contributed by atoms with Gasteiger partial charge < -0.3 is 14.9 Å². The first-order valence-electron chi connectivity index (χ1n) is 7.37. The standard InChI is InChI=1S/C15H22N2O4/c1-8(13-9(2)17-21-10(13)3)16-14(18)11-6-4-5-7-12(11)15(19)20/h8,11-12H,4-7H2,1-3H3,(H,16,18)(H,19,20)/t8?,11-,12+/m1/s1. The number of carbonyl (C=O) groups excluding carboxylic acids is 1. The number of amides is 1. The zero-order valence-electron chi connectivity index (χ0n) is 12.7. The van der Waals surface area contributed by atoms with Gasteiger partial charge in [0.05, 0.1) is 23.6 Å². The number of nitrogens with zero attached hydrogens (tertiary/aromatic N) is 1. The highest BCUT2D eigenvalue weighted by atomic mass is 16.5. The summed E-state index contributed by atoms with van der Waals surface area (Å²) in [5, 5.41) is 16.1. The Hall–Kier alpha value is -1.85. The lowest BCUT2D eigenvalue weighted by Crippen LogP contribution is -2.40. The third-order valence-electron chi connectivity index (χ3n) is 4.30. The van der Waals surface area contributed by atoms with Crippen LogP contribution in [0.2, 0.25) is 0 Å². The molecule has 6 nitrogen and oxygen atoms in total. The normalized spacial score (nSPS) is 23.6. The number of carbonyl (C=O) groups is 2. The van der Waals surface area contributed by atoms with Crippen LogP contribution in [0.1, 0.15) is 55.7 Å². The van der Waals surface area contributed by atoms with E-state index in [1.165, 1.54) is 0 Å². The molecule has 21 heavy (non-hydrogen) atoms. The molecule has 1 fully saturated rings. The van der Waals surface area contributed by atoms with E-state index in [9.17, 15) is 14.7 Å². The Labute approximate surface area is 123 Å². The van der Waals surface area contributed by atoms with Crippen LogP contribution in [0.25, 0.3) is 0 Å². The maximum Gasteiger partial charge on any atom is 0.307 e. The fraction of sp³-hybridized carbons (Fsp3) is 0.667. The van der Waals surface area contributed by atoms with Gasteiger partial charge in [-0.3, -0.25) is 9.59 Å². The highest BCUT2D eigenvalue weighted by molar-refractivity contribution is 5.85. The number of hydrogen-bond acceptors (Lipinski definition) is 4. The summed E-state index contributed by atoms with van der Waals surface area (Å²) in [4.78, 5) is 23.7. The molecule has 6 heteroatoms. The molecule has 116 valence electrons. The maximum atomic E-state index is 12.4. The molecule has 1 aliphatic carbocycles. The number of rotatable bonds is 4. The van der Waals surface area contributed by atoms with Gasteiger partial charge >= 0.3 is 5.97 Å². The Balaban J connectivity index is 2.08. The van der Waals surface area contributed by atoms with E-state index in [1.54, 1.807) is 6.92 Å². The van der Waals surface area contributed by atoms with Crippen LogP contribution in [0.15, 0.2) is 4.52 Å². The second-order valence-electron chi connectivity index (χ2n) is 5.80. The molecule has 2 N–H and O–H groups in total. The monoisotopic (exact) mass is 294 g/mol. The summed E-state index contributed by atoms with van der Waals surface area (Å²) in [6.45, 7) is 5.50. The fourth-order valence-corrected chi connectivity index (χ4v) is 3.24. The van der Waals surface area contributed by atoms with E-state index in [0.717, 1.165) is 24.1 Å². The number of aliphatic carboxylic acids is 1. The molecule has 0 bridgehead atoms. The largest absolute Gasteiger partial charge is 0.481 e. The van der Waals surface area contributed by atoms with Crippen molar-refractivity contribution in [2.24, 2.45) is 11.8 Å². The summed E-state index contributed by atoms with van der Waals surface area (Å²) in [5.74, 6) is -1.40. The number of nitrogens with one attached hydrogen (secondary N) is 1. The molecular formula is C15H22N2O4. The number of carboxylic acid groups (broad SMARTS) is 1. The van der Waals surface area contributed by atoms with Crippen LogP contribution in [-0.4, -0.2) is 22.1 Å². The molecule has 2 rings (SSSR count). The first-order chi connectivity index (χ1) is 9.91. The molecular weight excluding hydrogens is 272 g/mol. The average molecular weight is 294 g/mol. The highest BCUT2D eigenvalue weighted by Gasteiger charge is 2.36. The van der Waals surface area contributed by atoms with E-state index >= 15 is 0 Å². The Morgan fingerprint density at radius 2 is 1.90 bits per heavy atom. The maximum absolute atomic E-state index is 12.4. The lowest BCUT2D eigenvalue weighted by Gasteiger charge is -2.28. The molecule has 1 amide bonds. The number of hydrogen-bond donors (Lipinski definition) is 2. The lowest BCUT2D eigenvalue weighted by molar-refractivity contribution is -0.149. The first-order valence-corrected chi connectivity index (χ1v) is 7.37. The van der Waals surface area contributed by atoms with Gasteiger partial charge in [0.25, 0.3) is 0 Å². The number of aromatic nitrogens is 1. The first kappa shape index (κ1) is 15.5. The summed E-state index contributed by atoms with van der Waals surface area (Å²) in [6, 6.07) is -0.236. The minimum Gasteiger partial charge on any atom is -0.481 e. The molecule has 0 saturated heterocycles.